The van der Waals surface area contributed by atoms with Crippen molar-refractivity contribution >= 4 is 45.0 Å². The van der Waals surface area contributed by atoms with Crippen molar-refractivity contribution in [2.24, 2.45) is 13.0 Å². The van der Waals surface area contributed by atoms with Crippen LogP contribution in [-0.2, 0) is 34.2 Å². The molecule has 8 nitrogen and oxygen atoms in total. The van der Waals surface area contributed by atoms with E-state index in [-0.39, 0.29) is 17.9 Å². The smallest absolute Gasteiger partial charge is 0.356 e. The largest absolute Gasteiger partial charge is 0.462 e. The number of hydrogen-bond acceptors (Lipinski definition) is 7. The molecule has 2 aromatic heterocycles. The Morgan fingerprint density at radius 3 is 2.45 bits per heavy atom. The Kier molecular flexibility index (Phi) is 8.31. The van der Waals surface area contributed by atoms with E-state index < -0.39 is 23.9 Å². The quantitative estimate of drug-likeness (QED) is 0.264. The summed E-state index contributed by atoms with van der Waals surface area (Å²) in [5.41, 5.74) is 3.36. The summed E-state index contributed by atoms with van der Waals surface area (Å²) >= 11 is 1.37. The first-order valence-corrected chi connectivity index (χ1v) is 14.9. The number of rotatable bonds is 7. The van der Waals surface area contributed by atoms with Gasteiger partial charge in [-0.15, -0.1) is 11.3 Å². The summed E-state index contributed by atoms with van der Waals surface area (Å²) in [4.78, 5) is 54.3. The standard InChI is InChI=1S/C33H34N2O6S/c1-6-40-32(38)27-24-16-13-19(3)17-25(24)42-30(27)34-29(36)20(4)41-33(39)28-26(21-14-11-18(2)12-15-21)22-9-7-8-10-23(22)31(37)35(28)5/h7-12,14-15,19-20H,6,13,16-17H2,1-5H3,(H,34,36). The van der Waals surface area contributed by atoms with E-state index in [0.717, 1.165) is 40.8 Å². The minimum atomic E-state index is -1.21. The first-order chi connectivity index (χ1) is 20.1. The summed E-state index contributed by atoms with van der Waals surface area (Å²) in [6.07, 6.45) is 1.30. The Balaban J connectivity index is 1.47. The lowest BCUT2D eigenvalue weighted by Crippen LogP contribution is -2.33. The van der Waals surface area contributed by atoms with Crippen LogP contribution in [0.5, 0.6) is 0 Å². The Bertz CT molecular complexity index is 1750. The van der Waals surface area contributed by atoms with Gasteiger partial charge in [-0.3, -0.25) is 9.59 Å². The highest BCUT2D eigenvalue weighted by atomic mass is 32.1. The molecule has 0 aliphatic heterocycles. The molecule has 0 spiro atoms. The van der Waals surface area contributed by atoms with Gasteiger partial charge in [0.25, 0.3) is 11.5 Å². The number of carbonyl (C=O) groups excluding carboxylic acids is 3. The summed E-state index contributed by atoms with van der Waals surface area (Å²) in [5.74, 6) is -1.38. The molecule has 9 heteroatoms. The van der Waals surface area contributed by atoms with Gasteiger partial charge in [0.05, 0.1) is 12.2 Å². The molecule has 1 amide bonds. The summed E-state index contributed by atoms with van der Waals surface area (Å²) in [6, 6.07) is 14.8. The van der Waals surface area contributed by atoms with Crippen molar-refractivity contribution in [3.63, 3.8) is 0 Å². The van der Waals surface area contributed by atoms with Crippen LogP contribution in [0, 0.1) is 12.8 Å². The molecule has 0 saturated heterocycles. The Labute approximate surface area is 248 Å². The van der Waals surface area contributed by atoms with Gasteiger partial charge < -0.3 is 19.4 Å². The van der Waals surface area contributed by atoms with Crippen molar-refractivity contribution in [2.45, 2.75) is 53.1 Å². The van der Waals surface area contributed by atoms with Crippen LogP contribution in [0.15, 0.2) is 53.3 Å². The number of nitrogens with one attached hydrogen (secondary N) is 1. The molecule has 5 rings (SSSR count). The van der Waals surface area contributed by atoms with Crippen molar-refractivity contribution in [1.29, 1.82) is 0 Å². The minimum absolute atomic E-state index is 0.0509. The van der Waals surface area contributed by atoms with Crippen LogP contribution >= 0.6 is 11.3 Å². The summed E-state index contributed by atoms with van der Waals surface area (Å²) in [5, 5.41) is 4.31. The van der Waals surface area contributed by atoms with Crippen molar-refractivity contribution in [3.05, 3.63) is 86.1 Å². The molecule has 0 saturated carbocycles. The number of nitrogens with zero attached hydrogens (tertiary/aromatic N) is 1. The minimum Gasteiger partial charge on any atom is -0.462 e. The molecule has 4 aromatic rings. The maximum Gasteiger partial charge on any atom is 0.356 e. The molecular formula is C33H34N2O6S. The number of benzene rings is 2. The maximum absolute atomic E-state index is 13.7. The molecule has 2 heterocycles. The molecule has 218 valence electrons. The van der Waals surface area contributed by atoms with Crippen LogP contribution in [0.1, 0.15) is 64.0 Å². The van der Waals surface area contributed by atoms with E-state index in [2.05, 4.69) is 12.2 Å². The van der Waals surface area contributed by atoms with Crippen LogP contribution in [0.4, 0.5) is 5.00 Å². The Morgan fingerprint density at radius 2 is 1.76 bits per heavy atom. The topological polar surface area (TPSA) is 104 Å². The first-order valence-electron chi connectivity index (χ1n) is 14.1. The number of carbonyl (C=O) groups is 3. The van der Waals surface area contributed by atoms with Crippen LogP contribution in [-0.4, -0.2) is 35.1 Å². The molecule has 2 unspecified atom stereocenters. The molecule has 0 fully saturated rings. The van der Waals surface area contributed by atoms with Gasteiger partial charge in [0.1, 0.15) is 10.7 Å². The Hall–Kier alpha value is -4.24. The molecule has 0 radical (unpaired) electrons. The third-order valence-electron chi connectivity index (χ3n) is 7.72. The average molecular weight is 587 g/mol. The SMILES string of the molecule is CCOC(=O)c1c(NC(=O)C(C)OC(=O)c2c(-c3ccc(C)cc3)c3ccccc3c(=O)n2C)sc2c1CCC(C)C2. The molecule has 42 heavy (non-hydrogen) atoms. The number of anilines is 1. The predicted octanol–water partition coefficient (Wildman–Crippen LogP) is 6.06. The van der Waals surface area contributed by atoms with Gasteiger partial charge in [0.15, 0.2) is 6.10 Å². The van der Waals surface area contributed by atoms with E-state index >= 15 is 0 Å². The third kappa shape index (κ3) is 5.48. The van der Waals surface area contributed by atoms with E-state index in [9.17, 15) is 19.2 Å². The fourth-order valence-corrected chi connectivity index (χ4v) is 6.86. The first kappa shape index (κ1) is 29.3. The zero-order valence-electron chi connectivity index (χ0n) is 24.4. The van der Waals surface area contributed by atoms with E-state index in [1.165, 1.54) is 29.9 Å². The van der Waals surface area contributed by atoms with E-state index in [4.69, 9.17) is 9.47 Å². The molecule has 0 bridgehead atoms. The Morgan fingerprint density at radius 1 is 1.07 bits per heavy atom. The number of aromatic nitrogens is 1. The van der Waals surface area contributed by atoms with E-state index in [0.29, 0.717) is 32.8 Å². The summed E-state index contributed by atoms with van der Waals surface area (Å²) < 4.78 is 12.3. The zero-order chi connectivity index (χ0) is 30.1. The number of pyridine rings is 1. The number of aryl methyl sites for hydroxylation is 1. The monoisotopic (exact) mass is 586 g/mol. The van der Waals surface area contributed by atoms with Crippen LogP contribution in [0.25, 0.3) is 21.9 Å². The number of hydrogen-bond donors (Lipinski definition) is 1. The highest BCUT2D eigenvalue weighted by Crippen LogP contribution is 2.40. The lowest BCUT2D eigenvalue weighted by Gasteiger charge is -2.19. The second-order valence-electron chi connectivity index (χ2n) is 10.8. The van der Waals surface area contributed by atoms with Gasteiger partial charge in [-0.1, -0.05) is 55.0 Å². The fraction of sp³-hybridized carbons (Fsp3) is 0.333. The normalized spacial score (nSPS) is 15.1. The van der Waals surface area contributed by atoms with Crippen molar-refractivity contribution in [3.8, 4) is 11.1 Å². The van der Waals surface area contributed by atoms with Crippen molar-refractivity contribution < 1.29 is 23.9 Å². The lowest BCUT2D eigenvalue weighted by atomic mass is 9.88. The molecular weight excluding hydrogens is 552 g/mol. The van der Waals surface area contributed by atoms with Gasteiger partial charge in [-0.05, 0) is 68.5 Å². The second kappa shape index (κ2) is 11.9. The van der Waals surface area contributed by atoms with Gasteiger partial charge in [0.2, 0.25) is 0 Å². The number of amides is 1. The predicted molar refractivity (Wildman–Crippen MR) is 164 cm³/mol. The van der Waals surface area contributed by atoms with Gasteiger partial charge in [-0.2, -0.15) is 0 Å². The number of fused-ring (bicyclic) bond motifs is 2. The number of esters is 2. The van der Waals surface area contributed by atoms with Gasteiger partial charge >= 0.3 is 11.9 Å². The van der Waals surface area contributed by atoms with E-state index in [1.807, 2.05) is 37.3 Å². The van der Waals surface area contributed by atoms with Crippen LogP contribution in [0.2, 0.25) is 0 Å². The highest BCUT2D eigenvalue weighted by Gasteiger charge is 2.31. The van der Waals surface area contributed by atoms with Crippen molar-refractivity contribution in [1.82, 2.24) is 4.57 Å². The second-order valence-corrected chi connectivity index (χ2v) is 11.9. The van der Waals surface area contributed by atoms with Crippen molar-refractivity contribution in [2.75, 3.05) is 11.9 Å². The molecule has 1 aliphatic carbocycles. The van der Waals surface area contributed by atoms with E-state index in [1.54, 1.807) is 25.1 Å². The third-order valence-corrected chi connectivity index (χ3v) is 8.89. The van der Waals surface area contributed by atoms with Crippen LogP contribution < -0.4 is 10.9 Å². The summed E-state index contributed by atoms with van der Waals surface area (Å²) in [6.45, 7) is 7.56. The zero-order valence-corrected chi connectivity index (χ0v) is 25.2. The summed E-state index contributed by atoms with van der Waals surface area (Å²) in [7, 11) is 1.52. The van der Waals surface area contributed by atoms with Gasteiger partial charge in [0, 0.05) is 22.9 Å². The highest BCUT2D eigenvalue weighted by molar-refractivity contribution is 7.17. The lowest BCUT2D eigenvalue weighted by molar-refractivity contribution is -0.123. The maximum atomic E-state index is 13.7. The number of ether oxygens (including phenoxy) is 2. The molecule has 1 aliphatic rings. The average Bonchev–Trinajstić information content (AvgIpc) is 3.32. The molecule has 2 atom stereocenters. The number of thiophene rings is 1. The molecule has 2 aromatic carbocycles. The fourth-order valence-electron chi connectivity index (χ4n) is 5.46. The molecule has 1 N–H and O–H groups in total. The van der Waals surface area contributed by atoms with Crippen LogP contribution in [0.3, 0.4) is 0 Å². The van der Waals surface area contributed by atoms with Gasteiger partial charge in [-0.25, -0.2) is 9.59 Å².